The molecule has 0 radical (unpaired) electrons. The molecular weight excluding hydrogens is 296 g/mol. The minimum absolute atomic E-state index is 0.0210. The Bertz CT molecular complexity index is 556. The van der Waals surface area contributed by atoms with Gasteiger partial charge in [0.15, 0.2) is 11.6 Å². The second-order valence-electron chi connectivity index (χ2n) is 5.15. The van der Waals surface area contributed by atoms with Gasteiger partial charge in [0.05, 0.1) is 17.9 Å². The van der Waals surface area contributed by atoms with Gasteiger partial charge in [-0.15, -0.1) is 10.8 Å². The van der Waals surface area contributed by atoms with E-state index in [0.29, 0.717) is 17.7 Å². The van der Waals surface area contributed by atoms with Crippen molar-refractivity contribution < 1.29 is 19.1 Å². The van der Waals surface area contributed by atoms with Crippen LogP contribution < -0.4 is 0 Å². The van der Waals surface area contributed by atoms with Crippen molar-refractivity contribution in [2.45, 2.75) is 12.8 Å². The zero-order valence-electron chi connectivity index (χ0n) is 11.2. The molecule has 0 aromatic heterocycles. The highest BCUT2D eigenvalue weighted by molar-refractivity contribution is 8.96. The molecule has 3 aliphatic rings. The van der Waals surface area contributed by atoms with Crippen LogP contribution in [0.15, 0.2) is 22.6 Å². The van der Waals surface area contributed by atoms with Crippen LogP contribution in [0, 0.1) is 5.92 Å². The molecule has 1 aliphatic carbocycles. The van der Waals surface area contributed by atoms with E-state index >= 15 is 0 Å². The number of esters is 1. The number of hydrogen-bond acceptors (Lipinski definition) is 5. The third-order valence-corrected chi connectivity index (χ3v) is 11.2. The first-order chi connectivity index (χ1) is 9.57. The fraction of sp³-hybridized carbons (Fsp3) is 0.500. The Morgan fingerprint density at radius 1 is 1.35 bits per heavy atom. The fourth-order valence-corrected chi connectivity index (χ4v) is 11.0. The first kappa shape index (κ1) is 13.9. The van der Waals surface area contributed by atoms with E-state index in [1.54, 1.807) is 10.8 Å². The van der Waals surface area contributed by atoms with Crippen LogP contribution in [-0.2, 0) is 19.1 Å². The van der Waals surface area contributed by atoms with Crippen molar-refractivity contribution in [1.82, 2.24) is 0 Å². The van der Waals surface area contributed by atoms with Gasteiger partial charge in [0, 0.05) is 17.1 Å². The van der Waals surface area contributed by atoms with E-state index in [4.69, 9.17) is 4.74 Å². The van der Waals surface area contributed by atoms with E-state index in [-0.39, 0.29) is 23.5 Å². The van der Waals surface area contributed by atoms with Crippen LogP contribution in [0.3, 0.4) is 0 Å². The number of hydrogen-bond donors (Lipinski definition) is 0. The summed E-state index contributed by atoms with van der Waals surface area (Å²) in [6.07, 6.45) is 4.14. The minimum atomic E-state index is -1.38. The van der Waals surface area contributed by atoms with Gasteiger partial charge in [0.2, 0.25) is 0 Å². The van der Waals surface area contributed by atoms with Crippen molar-refractivity contribution in [3.8, 4) is 0 Å². The van der Waals surface area contributed by atoms with Gasteiger partial charge >= 0.3 is 5.97 Å². The summed E-state index contributed by atoms with van der Waals surface area (Å²) in [5.41, 5.74) is 0.573. The Hall–Kier alpha value is -1.01. The number of carbonyl (C=O) groups excluding carboxylic acids is 3. The Balaban J connectivity index is 2.08. The molecule has 2 aliphatic heterocycles. The van der Waals surface area contributed by atoms with E-state index in [1.807, 2.05) is 0 Å². The van der Waals surface area contributed by atoms with Crippen molar-refractivity contribution in [2.24, 2.45) is 5.92 Å². The van der Waals surface area contributed by atoms with Crippen molar-refractivity contribution in [1.29, 1.82) is 0 Å². The highest BCUT2D eigenvalue weighted by Crippen LogP contribution is 2.73. The number of methoxy groups -OCH3 is 1. The second-order valence-corrected chi connectivity index (χ2v) is 11.2. The summed E-state index contributed by atoms with van der Waals surface area (Å²) in [5.74, 6) is 1.98. The van der Waals surface area contributed by atoms with Crippen LogP contribution >= 0.6 is 19.9 Å². The summed E-state index contributed by atoms with van der Waals surface area (Å²) >= 11 is 0. The molecule has 6 heteroatoms. The lowest BCUT2D eigenvalue weighted by atomic mass is 9.93. The van der Waals surface area contributed by atoms with Crippen molar-refractivity contribution in [2.75, 3.05) is 24.4 Å². The van der Waals surface area contributed by atoms with E-state index in [0.717, 1.165) is 22.8 Å². The van der Waals surface area contributed by atoms with E-state index in [9.17, 15) is 14.4 Å². The molecule has 1 spiro atoms. The number of carbonyl (C=O) groups is 3. The topological polar surface area (TPSA) is 60.4 Å². The molecule has 20 heavy (non-hydrogen) atoms. The van der Waals surface area contributed by atoms with Crippen LogP contribution in [0.1, 0.15) is 12.8 Å². The molecule has 3 rings (SSSR count). The molecule has 2 atom stereocenters. The van der Waals surface area contributed by atoms with Crippen molar-refractivity contribution in [3.05, 3.63) is 22.6 Å². The molecule has 0 amide bonds. The summed E-state index contributed by atoms with van der Waals surface area (Å²) in [5, 5.41) is 0. The van der Waals surface area contributed by atoms with Crippen LogP contribution in [-0.4, -0.2) is 41.9 Å². The maximum atomic E-state index is 12.3. The number of ether oxygens (including phenoxy) is 1. The van der Waals surface area contributed by atoms with Crippen LogP contribution in [0.5, 0.6) is 0 Å². The van der Waals surface area contributed by atoms with Gasteiger partial charge in [-0.3, -0.25) is 14.4 Å². The lowest BCUT2D eigenvalue weighted by Gasteiger charge is -2.43. The predicted molar refractivity (Wildman–Crippen MR) is 80.7 cm³/mol. The molecule has 108 valence electrons. The normalized spacial score (nSPS) is 36.0. The molecule has 0 saturated carbocycles. The molecule has 0 aromatic rings. The maximum absolute atomic E-state index is 12.3. The van der Waals surface area contributed by atoms with Gasteiger partial charge in [-0.1, -0.05) is 0 Å². The summed E-state index contributed by atoms with van der Waals surface area (Å²) in [7, 11) is 1.80. The molecule has 2 heterocycles. The number of fused-ring (bicyclic) bond motifs is 1. The lowest BCUT2D eigenvalue weighted by molar-refractivity contribution is -0.144. The van der Waals surface area contributed by atoms with Crippen LogP contribution in [0.2, 0.25) is 0 Å². The third kappa shape index (κ3) is 2.05. The van der Waals surface area contributed by atoms with Gasteiger partial charge in [-0.25, -0.2) is 0 Å². The molecular formula is C14H16O4S2. The summed E-state index contributed by atoms with van der Waals surface area (Å²) in [6, 6.07) is 0. The Morgan fingerprint density at radius 3 is 2.75 bits per heavy atom. The first-order valence-electron chi connectivity index (χ1n) is 6.58. The average Bonchev–Trinajstić information content (AvgIpc) is 2.90. The van der Waals surface area contributed by atoms with E-state index in [1.165, 1.54) is 19.3 Å². The van der Waals surface area contributed by atoms with Gasteiger partial charge in [0.1, 0.15) is 0 Å². The lowest BCUT2D eigenvalue weighted by Crippen LogP contribution is -2.33. The average molecular weight is 312 g/mol. The minimum Gasteiger partial charge on any atom is -0.469 e. The highest BCUT2D eigenvalue weighted by atomic mass is 33.2. The second kappa shape index (κ2) is 5.07. The predicted octanol–water partition coefficient (Wildman–Crippen LogP) is 2.00. The van der Waals surface area contributed by atoms with Crippen LogP contribution in [0.25, 0.3) is 0 Å². The Kier molecular flexibility index (Phi) is 3.54. The quantitative estimate of drug-likeness (QED) is 0.421. The van der Waals surface area contributed by atoms with Gasteiger partial charge < -0.3 is 4.74 Å². The summed E-state index contributed by atoms with van der Waals surface area (Å²) < 4.78 is 4.86. The number of rotatable bonds is 1. The fourth-order valence-electron chi connectivity index (χ4n) is 3.08. The monoisotopic (exact) mass is 312 g/mol. The van der Waals surface area contributed by atoms with Crippen molar-refractivity contribution >= 4 is 37.4 Å². The van der Waals surface area contributed by atoms with E-state index < -0.39 is 9.06 Å². The number of ketones is 2. The number of allylic oxidation sites excluding steroid dienone is 4. The highest BCUT2D eigenvalue weighted by Gasteiger charge is 2.47. The Morgan fingerprint density at radius 2 is 2.10 bits per heavy atom. The molecule has 0 N–H and O–H groups in total. The smallest absolute Gasteiger partial charge is 0.309 e. The van der Waals surface area contributed by atoms with Gasteiger partial charge in [0.25, 0.3) is 0 Å². The van der Waals surface area contributed by atoms with Crippen LogP contribution in [0.4, 0.5) is 0 Å². The molecule has 4 nitrogen and oxygen atoms in total. The SMILES string of the molecule is COC(=O)C1CC2=C(C(=O)C=CC2=O)S2(CCCS2)C1. The van der Waals surface area contributed by atoms with E-state index in [2.05, 4.69) is 0 Å². The zero-order chi connectivity index (χ0) is 14.3. The molecule has 1 fully saturated rings. The zero-order valence-corrected chi connectivity index (χ0v) is 12.9. The molecule has 2 unspecified atom stereocenters. The Labute approximate surface area is 122 Å². The largest absolute Gasteiger partial charge is 0.469 e. The third-order valence-electron chi connectivity index (χ3n) is 3.94. The van der Waals surface area contributed by atoms with Gasteiger partial charge in [-0.2, -0.15) is 9.06 Å². The summed E-state index contributed by atoms with van der Waals surface area (Å²) in [4.78, 5) is 37.1. The standard InChI is InChI=1S/C14H16O4S2/c1-18-14(17)9-7-10-11(15)3-4-12(16)13(10)20(8-9)6-2-5-19-20/h3-4,9H,2,5-8H2,1H3. The molecule has 0 aromatic carbocycles. The van der Waals surface area contributed by atoms with Crippen molar-refractivity contribution in [3.63, 3.8) is 0 Å². The maximum Gasteiger partial charge on any atom is 0.309 e. The van der Waals surface area contributed by atoms with Gasteiger partial charge in [-0.05, 0) is 30.7 Å². The molecule has 0 bridgehead atoms. The first-order valence-corrected chi connectivity index (χ1v) is 10.1. The molecule has 1 saturated heterocycles. The summed E-state index contributed by atoms with van der Waals surface area (Å²) in [6.45, 7) is 0.